The van der Waals surface area contributed by atoms with Gasteiger partial charge in [-0.2, -0.15) is 0 Å². The first-order chi connectivity index (χ1) is 5.99. The van der Waals surface area contributed by atoms with Crippen LogP contribution in [0.5, 0.6) is 0 Å². The Labute approximate surface area is 85.8 Å². The zero-order valence-corrected chi connectivity index (χ0v) is 9.95. The Morgan fingerprint density at radius 1 is 1.00 bits per heavy atom. The van der Waals surface area contributed by atoms with Gasteiger partial charge >= 0.3 is 0 Å². The minimum absolute atomic E-state index is 0.519. The Bertz CT molecular complexity index is 201. The van der Waals surface area contributed by atoms with Gasteiger partial charge in [0, 0.05) is 37.0 Å². The molecule has 0 amide bonds. The normalized spacial score (nSPS) is 47.1. The second-order valence-electron chi connectivity index (χ2n) is 5.27. The third-order valence-corrected chi connectivity index (χ3v) is 4.78. The van der Waals surface area contributed by atoms with E-state index in [1.54, 1.807) is 0 Å². The maximum Gasteiger partial charge on any atom is 0.0162 e. The predicted octanol–water partition coefficient (Wildman–Crippen LogP) is 1.54. The maximum atomic E-state index is 2.52. The zero-order chi connectivity index (χ0) is 9.69. The van der Waals surface area contributed by atoms with Crippen LogP contribution in [-0.4, -0.2) is 48.7 Å². The fraction of sp³-hybridized carbons (Fsp3) is 1.00. The molecule has 0 aromatic carbocycles. The number of likely N-dealkylation sites (tertiary alicyclic amines) is 1. The topological polar surface area (TPSA) is 6.48 Å². The molecule has 0 N–H and O–H groups in total. The molecule has 2 nitrogen and oxygen atoms in total. The SMILES string of the molecule is CSN1C[C@]2(C)CN(C)C[C@]2(C)C1. The Morgan fingerprint density at radius 2 is 1.46 bits per heavy atom. The largest absolute Gasteiger partial charge is 0.305 e. The summed E-state index contributed by atoms with van der Waals surface area (Å²) in [5, 5.41) is 0. The lowest BCUT2D eigenvalue weighted by molar-refractivity contribution is 0.212. The Morgan fingerprint density at radius 3 is 1.85 bits per heavy atom. The van der Waals surface area contributed by atoms with E-state index < -0.39 is 0 Å². The summed E-state index contributed by atoms with van der Waals surface area (Å²) in [5.41, 5.74) is 1.04. The summed E-state index contributed by atoms with van der Waals surface area (Å²) < 4.78 is 2.52. The number of nitrogens with zero attached hydrogens (tertiary/aromatic N) is 2. The summed E-state index contributed by atoms with van der Waals surface area (Å²) in [6.07, 6.45) is 2.19. The number of hydrogen-bond acceptors (Lipinski definition) is 3. The monoisotopic (exact) mass is 200 g/mol. The lowest BCUT2D eigenvalue weighted by atomic mass is 9.71. The van der Waals surface area contributed by atoms with Crippen molar-refractivity contribution in [2.24, 2.45) is 10.8 Å². The highest BCUT2D eigenvalue weighted by molar-refractivity contribution is 7.96. The molecule has 13 heavy (non-hydrogen) atoms. The van der Waals surface area contributed by atoms with Crippen molar-refractivity contribution in [3.05, 3.63) is 0 Å². The summed E-state index contributed by atoms with van der Waals surface area (Å²) >= 11 is 1.90. The molecule has 0 bridgehead atoms. The first-order valence-corrected chi connectivity index (χ1v) is 6.15. The van der Waals surface area contributed by atoms with Crippen LogP contribution >= 0.6 is 11.9 Å². The molecule has 2 fully saturated rings. The van der Waals surface area contributed by atoms with E-state index in [1.165, 1.54) is 26.2 Å². The Balaban J connectivity index is 2.20. The Hall–Kier alpha value is 0.270. The molecule has 2 aliphatic heterocycles. The fourth-order valence-corrected chi connectivity index (χ4v) is 3.90. The number of hydrogen-bond donors (Lipinski definition) is 0. The molecule has 0 radical (unpaired) electrons. The van der Waals surface area contributed by atoms with E-state index in [0.29, 0.717) is 10.8 Å². The standard InChI is InChI=1S/C10H20N2S/c1-9-5-11(3)6-10(9,2)8-12(7-9)13-4/h5-8H2,1-4H3/t9-,10+. The van der Waals surface area contributed by atoms with Crippen molar-refractivity contribution in [3.63, 3.8) is 0 Å². The van der Waals surface area contributed by atoms with Crippen LogP contribution in [0, 0.1) is 10.8 Å². The number of rotatable bonds is 1. The first kappa shape index (κ1) is 9.81. The number of fused-ring (bicyclic) bond motifs is 1. The van der Waals surface area contributed by atoms with Crippen molar-refractivity contribution >= 4 is 11.9 Å². The summed E-state index contributed by atoms with van der Waals surface area (Å²) in [5.74, 6) is 0. The summed E-state index contributed by atoms with van der Waals surface area (Å²) in [4.78, 5) is 2.48. The van der Waals surface area contributed by atoms with Crippen LogP contribution in [0.15, 0.2) is 0 Å². The quantitative estimate of drug-likeness (QED) is 0.593. The zero-order valence-electron chi connectivity index (χ0n) is 9.13. The van der Waals surface area contributed by atoms with Gasteiger partial charge in [0.05, 0.1) is 0 Å². The lowest BCUT2D eigenvalue weighted by Gasteiger charge is -2.30. The van der Waals surface area contributed by atoms with Gasteiger partial charge < -0.3 is 4.90 Å². The molecular weight excluding hydrogens is 180 g/mol. The van der Waals surface area contributed by atoms with Gasteiger partial charge in [-0.15, -0.1) is 0 Å². The summed E-state index contributed by atoms with van der Waals surface area (Å²) in [7, 11) is 2.25. The van der Waals surface area contributed by atoms with Crippen molar-refractivity contribution in [2.75, 3.05) is 39.5 Å². The average molecular weight is 200 g/mol. The van der Waals surface area contributed by atoms with Gasteiger partial charge in [0.25, 0.3) is 0 Å². The molecule has 0 unspecified atom stereocenters. The molecule has 2 saturated heterocycles. The van der Waals surface area contributed by atoms with Gasteiger partial charge in [-0.25, -0.2) is 4.31 Å². The lowest BCUT2D eigenvalue weighted by Crippen LogP contribution is -2.34. The van der Waals surface area contributed by atoms with E-state index in [-0.39, 0.29) is 0 Å². The molecule has 0 aromatic heterocycles. The van der Waals surface area contributed by atoms with E-state index in [4.69, 9.17) is 0 Å². The highest BCUT2D eigenvalue weighted by Crippen LogP contribution is 2.52. The van der Waals surface area contributed by atoms with Crippen molar-refractivity contribution in [1.29, 1.82) is 0 Å². The third-order valence-electron chi connectivity index (χ3n) is 4.00. The molecule has 0 saturated carbocycles. The molecule has 0 aliphatic carbocycles. The smallest absolute Gasteiger partial charge is 0.0162 e. The highest BCUT2D eigenvalue weighted by atomic mass is 32.2. The van der Waals surface area contributed by atoms with Crippen LogP contribution in [-0.2, 0) is 0 Å². The van der Waals surface area contributed by atoms with Crippen LogP contribution in [0.2, 0.25) is 0 Å². The van der Waals surface area contributed by atoms with Crippen molar-refractivity contribution in [1.82, 2.24) is 9.21 Å². The summed E-state index contributed by atoms with van der Waals surface area (Å²) in [6, 6.07) is 0. The molecular formula is C10H20N2S. The first-order valence-electron chi connectivity index (χ1n) is 4.97. The minimum Gasteiger partial charge on any atom is -0.305 e. The second kappa shape index (κ2) is 2.88. The molecule has 0 aromatic rings. The van der Waals surface area contributed by atoms with Crippen molar-refractivity contribution in [2.45, 2.75) is 13.8 Å². The molecule has 76 valence electrons. The van der Waals surface area contributed by atoms with Crippen molar-refractivity contribution in [3.8, 4) is 0 Å². The minimum atomic E-state index is 0.519. The average Bonchev–Trinajstić information content (AvgIpc) is 2.33. The van der Waals surface area contributed by atoms with Gasteiger partial charge in [0.15, 0.2) is 0 Å². The van der Waals surface area contributed by atoms with E-state index in [1.807, 2.05) is 11.9 Å². The molecule has 2 rings (SSSR count). The van der Waals surface area contributed by atoms with Crippen LogP contribution in [0.25, 0.3) is 0 Å². The molecule has 3 heteroatoms. The van der Waals surface area contributed by atoms with E-state index >= 15 is 0 Å². The molecule has 2 aliphatic rings. The second-order valence-corrected chi connectivity index (χ2v) is 6.16. The molecule has 2 heterocycles. The van der Waals surface area contributed by atoms with Gasteiger partial charge in [0.2, 0.25) is 0 Å². The molecule has 0 spiro atoms. The van der Waals surface area contributed by atoms with Crippen LogP contribution in [0.4, 0.5) is 0 Å². The summed E-state index contributed by atoms with van der Waals surface area (Å²) in [6.45, 7) is 9.95. The van der Waals surface area contributed by atoms with Crippen LogP contribution < -0.4 is 0 Å². The predicted molar refractivity (Wildman–Crippen MR) is 58.8 cm³/mol. The fourth-order valence-electron chi connectivity index (χ4n) is 3.07. The molecule has 2 atom stereocenters. The van der Waals surface area contributed by atoms with Gasteiger partial charge in [0.1, 0.15) is 0 Å². The van der Waals surface area contributed by atoms with Gasteiger partial charge in [-0.3, -0.25) is 0 Å². The van der Waals surface area contributed by atoms with Gasteiger partial charge in [-0.1, -0.05) is 25.8 Å². The van der Waals surface area contributed by atoms with E-state index in [9.17, 15) is 0 Å². The Kier molecular flexibility index (Phi) is 2.17. The highest BCUT2D eigenvalue weighted by Gasteiger charge is 2.56. The third kappa shape index (κ3) is 1.32. The van der Waals surface area contributed by atoms with E-state index in [0.717, 1.165) is 0 Å². The van der Waals surface area contributed by atoms with Crippen LogP contribution in [0.3, 0.4) is 0 Å². The van der Waals surface area contributed by atoms with Crippen LogP contribution in [0.1, 0.15) is 13.8 Å². The van der Waals surface area contributed by atoms with Gasteiger partial charge in [-0.05, 0) is 13.3 Å². The van der Waals surface area contributed by atoms with E-state index in [2.05, 4.69) is 36.4 Å². The van der Waals surface area contributed by atoms with Crippen molar-refractivity contribution < 1.29 is 0 Å². The maximum absolute atomic E-state index is 2.52.